The number of nitrogens with zero attached hydrogens (tertiary/aromatic N) is 1. The van der Waals surface area contributed by atoms with Crippen LogP contribution in [0.2, 0.25) is 0 Å². The van der Waals surface area contributed by atoms with E-state index in [0.29, 0.717) is 32.3 Å². The number of amides is 1. The second-order valence-corrected chi connectivity index (χ2v) is 4.44. The lowest BCUT2D eigenvalue weighted by molar-refractivity contribution is 0.155. The molecule has 1 aliphatic rings. The Morgan fingerprint density at radius 2 is 2.18 bits per heavy atom. The van der Waals surface area contributed by atoms with Gasteiger partial charge in [0.1, 0.15) is 18.1 Å². The molecular weight excluding hydrogens is 220 g/mol. The molecule has 2 heterocycles. The molecule has 2 rings (SSSR count). The maximum absolute atomic E-state index is 11.3. The Labute approximate surface area is 101 Å². The molecule has 1 N–H and O–H groups in total. The quantitative estimate of drug-likeness (QED) is 0.848. The number of nitrogens with one attached hydrogen (secondary N) is 1. The normalized spacial score (nSPS) is 15.7. The van der Waals surface area contributed by atoms with Crippen LogP contribution in [0.3, 0.4) is 0 Å². The molecule has 0 radical (unpaired) electrons. The van der Waals surface area contributed by atoms with Gasteiger partial charge < -0.3 is 14.5 Å². The Morgan fingerprint density at radius 3 is 2.82 bits per heavy atom. The molecule has 0 spiro atoms. The van der Waals surface area contributed by atoms with Crippen molar-refractivity contribution >= 4 is 6.09 Å². The summed E-state index contributed by atoms with van der Waals surface area (Å²) >= 11 is 0. The highest BCUT2D eigenvalue weighted by atomic mass is 16.6. The van der Waals surface area contributed by atoms with Crippen molar-refractivity contribution in [3.05, 3.63) is 23.7 Å². The fourth-order valence-corrected chi connectivity index (χ4v) is 1.66. The Morgan fingerprint density at radius 1 is 1.41 bits per heavy atom. The van der Waals surface area contributed by atoms with Crippen LogP contribution in [0.1, 0.15) is 25.4 Å². The van der Waals surface area contributed by atoms with Crippen molar-refractivity contribution in [3.63, 3.8) is 0 Å². The van der Waals surface area contributed by atoms with Crippen LogP contribution in [0, 0.1) is 0 Å². The molecule has 0 atom stereocenters. The molecule has 0 bridgehead atoms. The lowest BCUT2D eigenvalue weighted by atomic mass is 10.3. The predicted molar refractivity (Wildman–Crippen MR) is 62.4 cm³/mol. The fraction of sp³-hybridized carbons (Fsp3) is 0.583. The summed E-state index contributed by atoms with van der Waals surface area (Å²) in [4.78, 5) is 12.9. The average Bonchev–Trinajstić information content (AvgIpc) is 2.87. The maximum Gasteiger partial charge on any atom is 0.410 e. The van der Waals surface area contributed by atoms with Gasteiger partial charge in [-0.3, -0.25) is 4.90 Å². The number of carbonyl (C=O) groups is 1. The summed E-state index contributed by atoms with van der Waals surface area (Å²) in [6, 6.07) is 4.27. The number of carbonyl (C=O) groups excluding carboxylic acids is 1. The molecule has 0 saturated carbocycles. The lowest BCUT2D eigenvalue weighted by Crippen LogP contribution is -2.23. The van der Waals surface area contributed by atoms with Gasteiger partial charge in [-0.25, -0.2) is 4.79 Å². The van der Waals surface area contributed by atoms with Gasteiger partial charge in [0.05, 0.1) is 19.6 Å². The molecule has 17 heavy (non-hydrogen) atoms. The zero-order valence-electron chi connectivity index (χ0n) is 10.2. The summed E-state index contributed by atoms with van der Waals surface area (Å²) in [5.41, 5.74) is 0. The third kappa shape index (κ3) is 3.23. The van der Waals surface area contributed by atoms with Crippen molar-refractivity contribution in [2.75, 3.05) is 13.2 Å². The Balaban J connectivity index is 1.87. The van der Waals surface area contributed by atoms with Gasteiger partial charge >= 0.3 is 6.09 Å². The molecule has 1 amide bonds. The minimum Gasteiger partial charge on any atom is -0.463 e. The molecule has 1 aromatic heterocycles. The third-order valence-corrected chi connectivity index (χ3v) is 2.59. The molecule has 94 valence electrons. The number of hydrogen-bond donors (Lipinski definition) is 1. The smallest absolute Gasteiger partial charge is 0.410 e. The van der Waals surface area contributed by atoms with E-state index in [-0.39, 0.29) is 6.09 Å². The predicted octanol–water partition coefficient (Wildman–Crippen LogP) is 1.73. The van der Waals surface area contributed by atoms with Gasteiger partial charge in [-0.1, -0.05) is 13.8 Å². The van der Waals surface area contributed by atoms with E-state index in [1.165, 1.54) is 0 Å². The fourth-order valence-electron chi connectivity index (χ4n) is 1.66. The molecule has 5 heteroatoms. The second kappa shape index (κ2) is 5.23. The Bertz CT molecular complexity index is 387. The van der Waals surface area contributed by atoms with Gasteiger partial charge in [0.25, 0.3) is 0 Å². The zero-order valence-corrected chi connectivity index (χ0v) is 10.2. The standard InChI is InChI=1S/C12H18N2O3/c1-9(2)13-7-10-3-4-11(17-10)8-14-5-6-16-12(14)15/h3-4,9,13H,5-8H2,1-2H3. The van der Waals surface area contributed by atoms with Crippen LogP contribution in [0.15, 0.2) is 16.5 Å². The van der Waals surface area contributed by atoms with E-state index in [1.54, 1.807) is 4.90 Å². The van der Waals surface area contributed by atoms with Gasteiger partial charge in [-0.2, -0.15) is 0 Å². The summed E-state index contributed by atoms with van der Waals surface area (Å²) in [5.74, 6) is 1.69. The van der Waals surface area contributed by atoms with Crippen LogP contribution in [0.25, 0.3) is 0 Å². The average molecular weight is 238 g/mol. The number of rotatable bonds is 5. The molecule has 0 aromatic carbocycles. The third-order valence-electron chi connectivity index (χ3n) is 2.59. The van der Waals surface area contributed by atoms with Gasteiger partial charge in [0.15, 0.2) is 0 Å². The first kappa shape index (κ1) is 12.0. The van der Waals surface area contributed by atoms with Crippen molar-refractivity contribution in [1.29, 1.82) is 0 Å². The topological polar surface area (TPSA) is 54.7 Å². The van der Waals surface area contributed by atoms with Gasteiger partial charge in [0.2, 0.25) is 0 Å². The molecular formula is C12H18N2O3. The maximum atomic E-state index is 11.3. The molecule has 0 unspecified atom stereocenters. The summed E-state index contributed by atoms with van der Waals surface area (Å²) in [7, 11) is 0. The Kier molecular flexibility index (Phi) is 3.68. The monoisotopic (exact) mass is 238 g/mol. The van der Waals surface area contributed by atoms with Crippen LogP contribution in [-0.4, -0.2) is 30.2 Å². The summed E-state index contributed by atoms with van der Waals surface area (Å²) in [6.45, 7) is 6.48. The van der Waals surface area contributed by atoms with E-state index in [2.05, 4.69) is 19.2 Å². The van der Waals surface area contributed by atoms with Crippen LogP contribution in [0.5, 0.6) is 0 Å². The summed E-state index contributed by atoms with van der Waals surface area (Å²) in [5, 5.41) is 3.28. The molecule has 1 saturated heterocycles. The first-order valence-corrected chi connectivity index (χ1v) is 5.88. The van der Waals surface area contributed by atoms with Crippen LogP contribution in [0.4, 0.5) is 4.79 Å². The minimum absolute atomic E-state index is 0.261. The summed E-state index contributed by atoms with van der Waals surface area (Å²) < 4.78 is 10.5. The highest BCUT2D eigenvalue weighted by molar-refractivity contribution is 5.69. The van der Waals surface area contributed by atoms with Crippen LogP contribution < -0.4 is 5.32 Å². The van der Waals surface area contributed by atoms with Crippen LogP contribution in [-0.2, 0) is 17.8 Å². The summed E-state index contributed by atoms with van der Waals surface area (Å²) in [6.07, 6.45) is -0.261. The second-order valence-electron chi connectivity index (χ2n) is 4.44. The van der Waals surface area contributed by atoms with Crippen LogP contribution >= 0.6 is 0 Å². The zero-order chi connectivity index (χ0) is 12.3. The van der Waals surface area contributed by atoms with E-state index in [9.17, 15) is 4.79 Å². The molecule has 1 aliphatic heterocycles. The number of cyclic esters (lactones) is 1. The molecule has 1 aromatic rings. The largest absolute Gasteiger partial charge is 0.463 e. The molecule has 1 fully saturated rings. The van der Waals surface area contributed by atoms with E-state index < -0.39 is 0 Å². The van der Waals surface area contributed by atoms with Gasteiger partial charge in [0, 0.05) is 6.04 Å². The number of hydrogen-bond acceptors (Lipinski definition) is 4. The van der Waals surface area contributed by atoms with Crippen molar-refractivity contribution in [1.82, 2.24) is 10.2 Å². The van der Waals surface area contributed by atoms with Crippen molar-refractivity contribution in [3.8, 4) is 0 Å². The van der Waals surface area contributed by atoms with Gasteiger partial charge in [-0.05, 0) is 12.1 Å². The lowest BCUT2D eigenvalue weighted by Gasteiger charge is -2.10. The number of ether oxygens (including phenoxy) is 1. The minimum atomic E-state index is -0.261. The van der Waals surface area contributed by atoms with Gasteiger partial charge in [-0.15, -0.1) is 0 Å². The Hall–Kier alpha value is -1.49. The van der Waals surface area contributed by atoms with Crippen molar-refractivity contribution in [2.45, 2.75) is 33.0 Å². The highest BCUT2D eigenvalue weighted by Gasteiger charge is 2.22. The highest BCUT2D eigenvalue weighted by Crippen LogP contribution is 2.13. The van der Waals surface area contributed by atoms with E-state index >= 15 is 0 Å². The molecule has 5 nitrogen and oxygen atoms in total. The molecule has 0 aliphatic carbocycles. The van der Waals surface area contributed by atoms with Crippen molar-refractivity contribution < 1.29 is 13.9 Å². The van der Waals surface area contributed by atoms with E-state index in [4.69, 9.17) is 9.15 Å². The first-order valence-electron chi connectivity index (χ1n) is 5.88. The number of furan rings is 1. The SMILES string of the molecule is CC(C)NCc1ccc(CN2CCOC2=O)o1. The van der Waals surface area contributed by atoms with Crippen molar-refractivity contribution in [2.24, 2.45) is 0 Å². The first-order chi connectivity index (χ1) is 8.15. The van der Waals surface area contributed by atoms with E-state index in [1.807, 2.05) is 12.1 Å². The van der Waals surface area contributed by atoms with E-state index in [0.717, 1.165) is 11.5 Å².